The van der Waals surface area contributed by atoms with Gasteiger partial charge in [-0.1, -0.05) is 61.0 Å². The number of rotatable bonds is 8. The molecule has 3 N–H and O–H groups in total. The van der Waals surface area contributed by atoms with Crippen molar-refractivity contribution in [2.75, 3.05) is 38.5 Å². The smallest absolute Gasteiger partial charge is 0.234 e. The Labute approximate surface area is 212 Å². The highest BCUT2D eigenvalue weighted by molar-refractivity contribution is 6.17. The first-order valence-corrected chi connectivity index (χ1v) is 12.9. The molecular weight excluding hydrogens is 448 g/mol. The Morgan fingerprint density at radius 2 is 1.50 bits per heavy atom. The first-order chi connectivity index (χ1) is 17.5. The van der Waals surface area contributed by atoms with Crippen LogP contribution in [0.3, 0.4) is 0 Å². The van der Waals surface area contributed by atoms with E-state index in [0.717, 1.165) is 50.1 Å². The molecule has 4 aromatic carbocycles. The molecule has 2 amide bonds. The van der Waals surface area contributed by atoms with E-state index in [1.807, 2.05) is 12.1 Å². The zero-order valence-corrected chi connectivity index (χ0v) is 20.9. The molecule has 1 aliphatic heterocycles. The summed E-state index contributed by atoms with van der Waals surface area (Å²) in [4.78, 5) is 29.0. The minimum Gasteiger partial charge on any atom is -0.368 e. The molecular formula is C30H34N4O2. The summed E-state index contributed by atoms with van der Waals surface area (Å²) in [5.74, 6) is -0.267. The van der Waals surface area contributed by atoms with Gasteiger partial charge in [0, 0.05) is 38.3 Å². The van der Waals surface area contributed by atoms with Gasteiger partial charge in [-0.15, -0.1) is 0 Å². The third-order valence-electron chi connectivity index (χ3n) is 7.46. The highest BCUT2D eigenvalue weighted by atomic mass is 16.2. The van der Waals surface area contributed by atoms with Crippen molar-refractivity contribution in [3.63, 3.8) is 0 Å². The Hall–Kier alpha value is -3.48. The molecule has 0 spiro atoms. The zero-order chi connectivity index (χ0) is 25.1. The molecule has 0 aromatic heterocycles. The van der Waals surface area contributed by atoms with E-state index in [2.05, 4.69) is 76.8 Å². The SMILES string of the molecule is CN1CCN(C(CCCCC(=O)Nc2ccc3c(ccc4c5ccccc5ccc34)c2)C(N)=O)CC1. The summed E-state index contributed by atoms with van der Waals surface area (Å²) < 4.78 is 0. The molecule has 0 aliphatic carbocycles. The van der Waals surface area contributed by atoms with Crippen molar-refractivity contribution in [1.29, 1.82) is 0 Å². The standard InChI is InChI=1S/C30H34N4O2/c1-33-16-18-34(19-17-33)28(30(31)36)8-4-5-9-29(35)32-23-12-15-25-22(20-23)11-14-26-24-7-3-2-6-21(24)10-13-27(25)26/h2-3,6-7,10-15,20,28H,4-5,8-9,16-19H2,1H3,(H2,31,36)(H,32,35). The average molecular weight is 483 g/mol. The van der Waals surface area contributed by atoms with E-state index in [1.54, 1.807) is 0 Å². The van der Waals surface area contributed by atoms with E-state index in [-0.39, 0.29) is 17.9 Å². The fourth-order valence-corrected chi connectivity index (χ4v) is 5.39. The molecule has 1 fully saturated rings. The molecule has 4 aromatic rings. The van der Waals surface area contributed by atoms with Gasteiger partial charge in [-0.25, -0.2) is 0 Å². The highest BCUT2D eigenvalue weighted by Gasteiger charge is 2.26. The van der Waals surface area contributed by atoms with E-state index < -0.39 is 0 Å². The summed E-state index contributed by atoms with van der Waals surface area (Å²) in [7, 11) is 2.09. The largest absolute Gasteiger partial charge is 0.368 e. The van der Waals surface area contributed by atoms with Crippen molar-refractivity contribution in [3.8, 4) is 0 Å². The first-order valence-electron chi connectivity index (χ1n) is 12.9. The quantitative estimate of drug-likeness (QED) is 0.281. The number of carbonyl (C=O) groups is 2. The number of fused-ring (bicyclic) bond motifs is 5. The van der Waals surface area contributed by atoms with Crippen LogP contribution in [0.2, 0.25) is 0 Å². The minimum absolute atomic E-state index is 0.00337. The predicted molar refractivity (Wildman–Crippen MR) is 148 cm³/mol. The number of likely N-dealkylation sites (N-methyl/N-ethyl adjacent to an activating group) is 1. The zero-order valence-electron chi connectivity index (χ0n) is 20.9. The number of nitrogens with zero attached hydrogens (tertiary/aromatic N) is 2. The first kappa shape index (κ1) is 24.2. The van der Waals surface area contributed by atoms with Gasteiger partial charge in [0.25, 0.3) is 0 Å². The highest BCUT2D eigenvalue weighted by Crippen LogP contribution is 2.32. The number of piperazine rings is 1. The summed E-state index contributed by atoms with van der Waals surface area (Å²) in [5.41, 5.74) is 6.49. The number of nitrogens with two attached hydrogens (primary N) is 1. The van der Waals surface area contributed by atoms with E-state index in [9.17, 15) is 9.59 Å². The van der Waals surface area contributed by atoms with Gasteiger partial charge in [-0.2, -0.15) is 0 Å². The Balaban J connectivity index is 1.19. The Kier molecular flexibility index (Phi) is 7.16. The molecule has 36 heavy (non-hydrogen) atoms. The lowest BCUT2D eigenvalue weighted by atomic mass is 9.97. The Morgan fingerprint density at radius 1 is 0.833 bits per heavy atom. The molecule has 0 radical (unpaired) electrons. The Morgan fingerprint density at radius 3 is 2.25 bits per heavy atom. The average Bonchev–Trinajstić information content (AvgIpc) is 2.88. The van der Waals surface area contributed by atoms with E-state index in [1.165, 1.54) is 26.9 Å². The number of amides is 2. The fraction of sp³-hybridized carbons (Fsp3) is 0.333. The van der Waals surface area contributed by atoms with Gasteiger partial charge in [0.1, 0.15) is 0 Å². The van der Waals surface area contributed by atoms with Crippen LogP contribution in [-0.2, 0) is 9.59 Å². The van der Waals surface area contributed by atoms with Gasteiger partial charge in [0.05, 0.1) is 6.04 Å². The molecule has 6 nitrogen and oxygen atoms in total. The normalized spacial score (nSPS) is 15.9. The number of hydrogen-bond acceptors (Lipinski definition) is 4. The number of anilines is 1. The number of unbranched alkanes of at least 4 members (excludes halogenated alkanes) is 1. The van der Waals surface area contributed by atoms with Gasteiger partial charge >= 0.3 is 0 Å². The second-order valence-electron chi connectivity index (χ2n) is 9.93. The molecule has 1 atom stereocenters. The lowest BCUT2D eigenvalue weighted by Crippen LogP contribution is -2.53. The van der Waals surface area contributed by atoms with Crippen LogP contribution in [-0.4, -0.2) is 60.9 Å². The van der Waals surface area contributed by atoms with Gasteiger partial charge in [-0.3, -0.25) is 14.5 Å². The van der Waals surface area contributed by atoms with Gasteiger partial charge < -0.3 is 16.0 Å². The van der Waals surface area contributed by atoms with Crippen LogP contribution in [0.5, 0.6) is 0 Å². The predicted octanol–water partition coefficient (Wildman–Crippen LogP) is 4.75. The Bertz CT molecular complexity index is 1410. The summed E-state index contributed by atoms with van der Waals surface area (Å²) >= 11 is 0. The number of hydrogen-bond donors (Lipinski definition) is 2. The molecule has 1 saturated heterocycles. The van der Waals surface area contributed by atoms with Crippen molar-refractivity contribution in [2.45, 2.75) is 31.7 Å². The maximum Gasteiger partial charge on any atom is 0.234 e. The van der Waals surface area contributed by atoms with Crippen molar-refractivity contribution >= 4 is 49.8 Å². The van der Waals surface area contributed by atoms with Gasteiger partial charge in [-0.05, 0) is 64.3 Å². The van der Waals surface area contributed by atoms with Crippen molar-refractivity contribution in [1.82, 2.24) is 9.80 Å². The molecule has 5 rings (SSSR count). The second kappa shape index (κ2) is 10.6. The van der Waals surface area contributed by atoms with Crippen LogP contribution in [0.1, 0.15) is 25.7 Å². The van der Waals surface area contributed by atoms with Crippen LogP contribution in [0.4, 0.5) is 5.69 Å². The van der Waals surface area contributed by atoms with E-state index in [0.29, 0.717) is 12.8 Å². The maximum atomic E-state index is 12.6. The van der Waals surface area contributed by atoms with Gasteiger partial charge in [0.15, 0.2) is 0 Å². The molecule has 1 unspecified atom stereocenters. The van der Waals surface area contributed by atoms with Gasteiger partial charge in [0.2, 0.25) is 11.8 Å². The monoisotopic (exact) mass is 482 g/mol. The number of nitrogens with one attached hydrogen (secondary N) is 1. The summed E-state index contributed by atoms with van der Waals surface area (Å²) in [5, 5.41) is 10.3. The molecule has 6 heteroatoms. The van der Waals surface area contributed by atoms with E-state index >= 15 is 0 Å². The summed E-state index contributed by atoms with van der Waals surface area (Å²) in [6.07, 6.45) is 2.65. The van der Waals surface area contributed by atoms with Crippen LogP contribution >= 0.6 is 0 Å². The molecule has 1 heterocycles. The topological polar surface area (TPSA) is 78.7 Å². The number of primary amides is 1. The van der Waals surface area contributed by atoms with Crippen molar-refractivity contribution in [2.24, 2.45) is 5.73 Å². The van der Waals surface area contributed by atoms with Crippen molar-refractivity contribution < 1.29 is 9.59 Å². The lowest BCUT2D eigenvalue weighted by molar-refractivity contribution is -0.124. The second-order valence-corrected chi connectivity index (χ2v) is 9.93. The molecule has 186 valence electrons. The summed E-state index contributed by atoms with van der Waals surface area (Å²) in [6, 6.07) is 22.9. The lowest BCUT2D eigenvalue weighted by Gasteiger charge is -2.36. The summed E-state index contributed by atoms with van der Waals surface area (Å²) in [6.45, 7) is 3.62. The van der Waals surface area contributed by atoms with E-state index in [4.69, 9.17) is 5.73 Å². The molecule has 0 bridgehead atoms. The van der Waals surface area contributed by atoms with Crippen LogP contribution in [0.25, 0.3) is 32.3 Å². The van der Waals surface area contributed by atoms with Crippen LogP contribution in [0, 0.1) is 0 Å². The number of carbonyl (C=O) groups excluding carboxylic acids is 2. The fourth-order valence-electron chi connectivity index (χ4n) is 5.39. The molecule has 0 saturated carbocycles. The number of benzene rings is 4. The van der Waals surface area contributed by atoms with Crippen LogP contribution < -0.4 is 11.1 Å². The third kappa shape index (κ3) is 5.20. The van der Waals surface area contributed by atoms with Crippen LogP contribution in [0.15, 0.2) is 66.7 Å². The third-order valence-corrected chi connectivity index (χ3v) is 7.46. The maximum absolute atomic E-state index is 12.6. The molecule has 1 aliphatic rings. The minimum atomic E-state index is -0.263. The van der Waals surface area contributed by atoms with Crippen molar-refractivity contribution in [3.05, 3.63) is 66.7 Å².